The van der Waals surface area contributed by atoms with Crippen molar-refractivity contribution < 1.29 is 19.5 Å². The van der Waals surface area contributed by atoms with Gasteiger partial charge in [-0.1, -0.05) is 12.1 Å². The van der Waals surface area contributed by atoms with E-state index < -0.39 is 23.8 Å². The lowest BCUT2D eigenvalue weighted by molar-refractivity contribution is -0.131. The third-order valence-corrected chi connectivity index (χ3v) is 2.34. The molecule has 1 unspecified atom stereocenters. The highest BCUT2D eigenvalue weighted by Crippen LogP contribution is 2.07. The summed E-state index contributed by atoms with van der Waals surface area (Å²) in [7, 11) is 0. The fraction of sp³-hybridized carbons (Fsp3) is 0.154. The molecule has 6 nitrogen and oxygen atoms in total. The highest BCUT2D eigenvalue weighted by atomic mass is 16.4. The van der Waals surface area contributed by atoms with Gasteiger partial charge in [0.05, 0.1) is 0 Å². The maximum absolute atomic E-state index is 11.8. The molecule has 0 aliphatic rings. The van der Waals surface area contributed by atoms with Crippen LogP contribution in [0.3, 0.4) is 0 Å². The van der Waals surface area contributed by atoms with Gasteiger partial charge in [-0.2, -0.15) is 0 Å². The van der Waals surface area contributed by atoms with Gasteiger partial charge in [-0.3, -0.25) is 9.59 Å². The lowest BCUT2D eigenvalue weighted by atomic mass is 10.1. The number of benzene rings is 1. The van der Waals surface area contributed by atoms with Crippen LogP contribution in [0.15, 0.2) is 30.3 Å². The molecule has 1 aromatic rings. The minimum Gasteiger partial charge on any atom is -0.478 e. The van der Waals surface area contributed by atoms with Crippen molar-refractivity contribution in [3.8, 4) is 0 Å². The highest BCUT2D eigenvalue weighted by molar-refractivity contribution is 5.97. The summed E-state index contributed by atoms with van der Waals surface area (Å²) in [6.07, 6.45) is 2.35. The third-order valence-electron chi connectivity index (χ3n) is 2.34. The number of primary amides is 1. The van der Waals surface area contributed by atoms with Crippen molar-refractivity contribution in [1.82, 2.24) is 5.32 Å². The molecule has 0 aromatic heterocycles. The second kappa shape index (κ2) is 6.34. The monoisotopic (exact) mass is 262 g/mol. The molecule has 1 aromatic carbocycles. The molecule has 0 spiro atoms. The van der Waals surface area contributed by atoms with Crippen LogP contribution in [0.5, 0.6) is 0 Å². The number of hydrogen-bond acceptors (Lipinski definition) is 3. The molecular weight excluding hydrogens is 248 g/mol. The number of amides is 2. The zero-order valence-corrected chi connectivity index (χ0v) is 10.3. The predicted octanol–water partition coefficient (Wildman–Crippen LogP) is 0.388. The molecule has 6 heteroatoms. The second-order valence-electron chi connectivity index (χ2n) is 3.89. The molecule has 0 bridgehead atoms. The number of carboxylic acids is 1. The maximum Gasteiger partial charge on any atom is 0.328 e. The number of hydrogen-bond donors (Lipinski definition) is 3. The summed E-state index contributed by atoms with van der Waals surface area (Å²) in [5, 5.41) is 10.9. The highest BCUT2D eigenvalue weighted by Gasteiger charge is 2.13. The quantitative estimate of drug-likeness (QED) is 0.666. The average molecular weight is 262 g/mol. The van der Waals surface area contributed by atoms with Crippen molar-refractivity contribution in [3.63, 3.8) is 0 Å². The Morgan fingerprint density at radius 3 is 2.63 bits per heavy atom. The van der Waals surface area contributed by atoms with Gasteiger partial charge in [0.1, 0.15) is 6.04 Å². The van der Waals surface area contributed by atoms with Gasteiger partial charge in [0.15, 0.2) is 0 Å². The van der Waals surface area contributed by atoms with E-state index in [1.165, 1.54) is 19.1 Å². The van der Waals surface area contributed by atoms with E-state index in [9.17, 15) is 14.4 Å². The van der Waals surface area contributed by atoms with E-state index in [1.807, 2.05) is 0 Å². The number of carboxylic acid groups (broad SMARTS) is 1. The summed E-state index contributed by atoms with van der Waals surface area (Å²) in [4.78, 5) is 33.0. The van der Waals surface area contributed by atoms with Crippen molar-refractivity contribution in [2.75, 3.05) is 0 Å². The van der Waals surface area contributed by atoms with Crippen LogP contribution in [0.25, 0.3) is 6.08 Å². The van der Waals surface area contributed by atoms with E-state index in [0.29, 0.717) is 11.1 Å². The molecule has 2 amide bonds. The zero-order valence-electron chi connectivity index (χ0n) is 10.3. The number of rotatable bonds is 5. The molecule has 1 rings (SSSR count). The van der Waals surface area contributed by atoms with Crippen molar-refractivity contribution in [2.24, 2.45) is 5.73 Å². The minimum absolute atomic E-state index is 0.320. The summed E-state index contributed by atoms with van der Waals surface area (Å²) in [5.41, 5.74) is 5.93. The van der Waals surface area contributed by atoms with E-state index in [4.69, 9.17) is 10.8 Å². The van der Waals surface area contributed by atoms with Gasteiger partial charge in [-0.25, -0.2) is 4.79 Å². The van der Waals surface area contributed by atoms with Crippen LogP contribution >= 0.6 is 0 Å². The minimum atomic E-state index is -1.07. The lowest BCUT2D eigenvalue weighted by Gasteiger charge is -2.10. The topological polar surface area (TPSA) is 109 Å². The van der Waals surface area contributed by atoms with E-state index in [1.54, 1.807) is 18.2 Å². The Morgan fingerprint density at radius 2 is 2.05 bits per heavy atom. The van der Waals surface area contributed by atoms with Crippen molar-refractivity contribution >= 4 is 23.9 Å². The Morgan fingerprint density at radius 1 is 1.37 bits per heavy atom. The largest absolute Gasteiger partial charge is 0.478 e. The molecule has 0 fully saturated rings. The van der Waals surface area contributed by atoms with Crippen molar-refractivity contribution in [2.45, 2.75) is 13.0 Å². The smallest absolute Gasteiger partial charge is 0.328 e. The summed E-state index contributed by atoms with van der Waals surface area (Å²) < 4.78 is 0. The van der Waals surface area contributed by atoms with Gasteiger partial charge < -0.3 is 16.2 Å². The van der Waals surface area contributed by atoms with Crippen molar-refractivity contribution in [3.05, 3.63) is 41.5 Å². The van der Waals surface area contributed by atoms with Crippen LogP contribution in [0.2, 0.25) is 0 Å². The van der Waals surface area contributed by atoms with Crippen LogP contribution in [0.1, 0.15) is 22.8 Å². The molecule has 0 aliphatic heterocycles. The molecule has 0 heterocycles. The fourth-order valence-corrected chi connectivity index (χ4v) is 1.30. The van der Waals surface area contributed by atoms with E-state index in [2.05, 4.69) is 5.32 Å². The Hall–Kier alpha value is -2.63. The van der Waals surface area contributed by atoms with Gasteiger partial charge >= 0.3 is 5.97 Å². The third kappa shape index (κ3) is 4.63. The summed E-state index contributed by atoms with van der Waals surface area (Å²) >= 11 is 0. The molecule has 4 N–H and O–H groups in total. The normalized spacial score (nSPS) is 12.1. The van der Waals surface area contributed by atoms with Gasteiger partial charge in [-0.05, 0) is 30.7 Å². The van der Waals surface area contributed by atoms with Gasteiger partial charge in [0.25, 0.3) is 5.91 Å². The number of nitrogens with two attached hydrogens (primary N) is 1. The molecule has 0 aliphatic carbocycles. The van der Waals surface area contributed by atoms with Crippen LogP contribution in [0.4, 0.5) is 0 Å². The molecule has 0 saturated carbocycles. The summed E-state index contributed by atoms with van der Waals surface area (Å²) in [6, 6.07) is 5.58. The standard InChI is InChI=1S/C13H14N2O4/c1-8(12(14)18)15-13(19)10-4-2-3-9(7-10)5-6-11(16)17/h2-8H,1H3,(H2,14,18)(H,15,19)(H,16,17). The van der Waals surface area contributed by atoms with Gasteiger partial charge in [0.2, 0.25) is 5.91 Å². The SMILES string of the molecule is CC(NC(=O)c1cccc(C=CC(=O)O)c1)C(N)=O. The van der Waals surface area contributed by atoms with Crippen molar-refractivity contribution in [1.29, 1.82) is 0 Å². The molecular formula is C13H14N2O4. The molecule has 0 saturated heterocycles. The Bertz CT molecular complexity index is 537. The second-order valence-corrected chi connectivity index (χ2v) is 3.89. The Kier molecular flexibility index (Phi) is 4.82. The lowest BCUT2D eigenvalue weighted by Crippen LogP contribution is -2.42. The molecule has 100 valence electrons. The van der Waals surface area contributed by atoms with Crippen LogP contribution in [0, 0.1) is 0 Å². The zero-order chi connectivity index (χ0) is 14.4. The molecule has 19 heavy (non-hydrogen) atoms. The van der Waals surface area contributed by atoms with E-state index in [0.717, 1.165) is 6.08 Å². The first-order chi connectivity index (χ1) is 8.90. The van der Waals surface area contributed by atoms with Crippen LogP contribution in [-0.4, -0.2) is 28.9 Å². The first-order valence-corrected chi connectivity index (χ1v) is 5.51. The van der Waals surface area contributed by atoms with Crippen LogP contribution < -0.4 is 11.1 Å². The van der Waals surface area contributed by atoms with Gasteiger partial charge in [-0.15, -0.1) is 0 Å². The number of carbonyl (C=O) groups is 3. The fourth-order valence-electron chi connectivity index (χ4n) is 1.30. The summed E-state index contributed by atoms with van der Waals surface area (Å²) in [6.45, 7) is 1.48. The van der Waals surface area contributed by atoms with E-state index in [-0.39, 0.29) is 0 Å². The number of carbonyl (C=O) groups excluding carboxylic acids is 2. The number of nitrogens with one attached hydrogen (secondary N) is 1. The molecule has 1 atom stereocenters. The van der Waals surface area contributed by atoms with Gasteiger partial charge in [0, 0.05) is 11.6 Å². The van der Waals surface area contributed by atoms with Crippen LogP contribution in [-0.2, 0) is 9.59 Å². The molecule has 0 radical (unpaired) electrons. The first-order valence-electron chi connectivity index (χ1n) is 5.51. The first kappa shape index (κ1) is 14.4. The maximum atomic E-state index is 11.8. The Balaban J connectivity index is 2.84. The summed E-state index contributed by atoms with van der Waals surface area (Å²) in [5.74, 6) is -2.15. The Labute approximate surface area is 109 Å². The average Bonchev–Trinajstić information content (AvgIpc) is 2.36. The number of aliphatic carboxylic acids is 1. The predicted molar refractivity (Wildman–Crippen MR) is 69.2 cm³/mol. The van der Waals surface area contributed by atoms with E-state index >= 15 is 0 Å².